The summed E-state index contributed by atoms with van der Waals surface area (Å²) in [6, 6.07) is 10.8. The normalized spacial score (nSPS) is 15.3. The average Bonchev–Trinajstić information content (AvgIpc) is 2.93. The number of fused-ring (bicyclic) bond motifs is 2. The molecule has 4 rings (SSSR count). The fourth-order valence-electron chi connectivity index (χ4n) is 5.47. The van der Waals surface area contributed by atoms with E-state index in [0.717, 1.165) is 59.3 Å². The van der Waals surface area contributed by atoms with Gasteiger partial charge in [0.2, 0.25) is 5.91 Å². The van der Waals surface area contributed by atoms with Gasteiger partial charge in [0.15, 0.2) is 5.78 Å². The first kappa shape index (κ1) is 31.2. The molecular formula is C36H45N2O4-. The number of amides is 1. The molecule has 0 spiro atoms. The number of carbonyl (C=O) groups excluding carboxylic acids is 2. The topological polar surface area (TPSA) is 87.7 Å². The number of ketones is 1. The number of carbonyl (C=O) groups is 2. The summed E-state index contributed by atoms with van der Waals surface area (Å²) in [6.07, 6.45) is 11.4. The summed E-state index contributed by atoms with van der Waals surface area (Å²) in [6.45, 7) is 14.6. The maximum absolute atomic E-state index is 13.1. The molecule has 1 aliphatic heterocycles. The highest BCUT2D eigenvalue weighted by Crippen LogP contribution is 2.45. The summed E-state index contributed by atoms with van der Waals surface area (Å²) < 4.78 is 6.13. The van der Waals surface area contributed by atoms with E-state index in [-0.39, 0.29) is 29.0 Å². The first-order valence-corrected chi connectivity index (χ1v) is 14.9. The van der Waals surface area contributed by atoms with Crippen LogP contribution >= 0.6 is 0 Å². The Morgan fingerprint density at radius 1 is 1.02 bits per heavy atom. The summed E-state index contributed by atoms with van der Waals surface area (Å²) in [5.41, 5.74) is 4.88. The zero-order valence-electron chi connectivity index (χ0n) is 26.1. The highest BCUT2D eigenvalue weighted by atomic mass is 16.5. The number of ether oxygens (including phenoxy) is 1. The Bertz CT molecular complexity index is 1430. The van der Waals surface area contributed by atoms with E-state index < -0.39 is 5.41 Å². The van der Waals surface area contributed by atoms with Crippen LogP contribution in [0.5, 0.6) is 11.5 Å². The van der Waals surface area contributed by atoms with Gasteiger partial charge in [0.25, 0.3) is 0 Å². The van der Waals surface area contributed by atoms with Crippen molar-refractivity contribution in [1.29, 1.82) is 0 Å². The molecule has 1 amide bonds. The van der Waals surface area contributed by atoms with Gasteiger partial charge in [0.05, 0.1) is 6.04 Å². The molecule has 0 saturated carbocycles. The second-order valence-electron chi connectivity index (χ2n) is 13.2. The highest BCUT2D eigenvalue weighted by Gasteiger charge is 2.31. The Balaban J connectivity index is 1.45. The number of unbranched alkanes of at least 4 members (excludes halogenated alkanes) is 1. The lowest BCUT2D eigenvalue weighted by molar-refractivity contribution is -0.129. The van der Waals surface area contributed by atoms with Crippen LogP contribution in [0.25, 0.3) is 5.57 Å². The third-order valence-corrected chi connectivity index (χ3v) is 7.48. The molecule has 1 aliphatic carbocycles. The zero-order valence-corrected chi connectivity index (χ0v) is 26.1. The van der Waals surface area contributed by atoms with Crippen LogP contribution in [0.4, 0.5) is 0 Å². The number of hydrogen-bond acceptors (Lipinski definition) is 5. The molecule has 0 bridgehead atoms. The molecule has 6 nitrogen and oxygen atoms in total. The number of aromatic hydroxyl groups is 1. The number of phenolic OH excluding ortho intramolecular Hbond substituents is 1. The summed E-state index contributed by atoms with van der Waals surface area (Å²) >= 11 is 0. The number of rotatable bonds is 10. The molecule has 6 heteroatoms. The molecule has 3 N–H and O–H groups in total. The lowest BCUT2D eigenvalue weighted by Gasteiger charge is -2.32. The van der Waals surface area contributed by atoms with E-state index >= 15 is 0 Å². The Hall–Kier alpha value is -3.77. The van der Waals surface area contributed by atoms with Gasteiger partial charge in [-0.3, -0.25) is 9.59 Å². The van der Waals surface area contributed by atoms with E-state index in [4.69, 9.17) is 4.74 Å². The van der Waals surface area contributed by atoms with Crippen molar-refractivity contribution in [3.63, 3.8) is 0 Å². The summed E-state index contributed by atoms with van der Waals surface area (Å²) in [4.78, 5) is 26.1. The van der Waals surface area contributed by atoms with Gasteiger partial charge in [-0.25, -0.2) is 0 Å². The molecule has 42 heavy (non-hydrogen) atoms. The lowest BCUT2D eigenvalue weighted by atomic mass is 9.84. The quantitative estimate of drug-likeness (QED) is 0.207. The number of nitrogens with one attached hydrogen (secondary N) is 2. The van der Waals surface area contributed by atoms with Crippen molar-refractivity contribution in [2.75, 3.05) is 6.54 Å². The van der Waals surface area contributed by atoms with Crippen molar-refractivity contribution >= 4 is 17.3 Å². The lowest BCUT2D eigenvalue weighted by Crippen LogP contribution is -2.50. The monoisotopic (exact) mass is 569 g/mol. The van der Waals surface area contributed by atoms with E-state index in [2.05, 4.69) is 43.6 Å². The molecule has 2 aromatic carbocycles. The van der Waals surface area contributed by atoms with Gasteiger partial charge in [0, 0.05) is 34.7 Å². The first-order valence-electron chi connectivity index (χ1n) is 14.9. The Morgan fingerprint density at radius 2 is 1.76 bits per heavy atom. The van der Waals surface area contributed by atoms with Crippen LogP contribution in [0.1, 0.15) is 101 Å². The molecule has 1 atom stereocenters. The maximum atomic E-state index is 13.1. The largest absolute Gasteiger partial charge is 0.508 e. The molecule has 1 unspecified atom stereocenters. The van der Waals surface area contributed by atoms with Crippen molar-refractivity contribution in [3.05, 3.63) is 94.6 Å². The molecule has 0 aromatic heterocycles. The predicted octanol–water partition coefficient (Wildman–Crippen LogP) is 7.27. The number of phenols is 1. The van der Waals surface area contributed by atoms with Crippen molar-refractivity contribution in [2.45, 2.75) is 85.7 Å². The van der Waals surface area contributed by atoms with Crippen LogP contribution in [0, 0.1) is 11.8 Å². The van der Waals surface area contributed by atoms with Gasteiger partial charge in [-0.05, 0) is 70.2 Å². The molecule has 2 aliphatic rings. The van der Waals surface area contributed by atoms with Crippen molar-refractivity contribution in [3.8, 4) is 11.5 Å². The molecular weight excluding hydrogens is 524 g/mol. The van der Waals surface area contributed by atoms with E-state index in [1.54, 1.807) is 12.1 Å². The van der Waals surface area contributed by atoms with Gasteiger partial charge in [-0.2, -0.15) is 12.0 Å². The van der Waals surface area contributed by atoms with E-state index in [0.29, 0.717) is 17.9 Å². The minimum Gasteiger partial charge on any atom is -0.508 e. The second-order valence-corrected chi connectivity index (χ2v) is 13.2. The van der Waals surface area contributed by atoms with Crippen LogP contribution in [-0.2, 0) is 4.79 Å². The van der Waals surface area contributed by atoms with Gasteiger partial charge in [-0.15, -0.1) is 17.7 Å². The molecule has 224 valence electrons. The van der Waals surface area contributed by atoms with Crippen molar-refractivity contribution < 1.29 is 19.4 Å². The number of Topliss-reactive ketones (excluding diaryl/α,β-unsaturated/α-hetero) is 1. The number of allylic oxidation sites excluding steroid dienone is 3. The molecule has 0 radical (unpaired) electrons. The van der Waals surface area contributed by atoms with Gasteiger partial charge in [-0.1, -0.05) is 51.5 Å². The second kappa shape index (κ2) is 12.6. The van der Waals surface area contributed by atoms with E-state index in [1.807, 2.05) is 64.5 Å². The number of hydrogen-bond donors (Lipinski definition) is 3. The Kier molecular flexibility index (Phi) is 9.37. The SMILES string of the molecule is C[CH-]c1cc(C(=O)NCCCCC(NC(C)(C)C)C(=O)C(C)(C)C)ccc1C1=C2C=CCC=C2Oc2cc(O)ccc21. The first-order chi connectivity index (χ1) is 19.8. The standard InChI is InChI=1S/C36H45N2O4/c1-8-23-21-24(34(41)37-20-12-11-14-29(38-36(5,6)7)33(40)35(2,3)4)16-18-26(23)32-27-13-9-10-15-30(27)42-31-22-25(39)17-19-28(31)32/h8-9,13,15-19,21-22,29,38-39H,10-12,14,20H2,1-7H3,(H,37,41)/q-1. The zero-order chi connectivity index (χ0) is 30.7. The average molecular weight is 570 g/mol. The Labute approximate surface area is 250 Å². The third kappa shape index (κ3) is 7.35. The highest BCUT2D eigenvalue weighted by molar-refractivity contribution is 5.97. The summed E-state index contributed by atoms with van der Waals surface area (Å²) in [5, 5.41) is 16.6. The third-order valence-electron chi connectivity index (χ3n) is 7.48. The number of benzene rings is 2. The van der Waals surface area contributed by atoms with Crippen LogP contribution in [0.2, 0.25) is 0 Å². The van der Waals surface area contributed by atoms with Crippen molar-refractivity contribution in [1.82, 2.24) is 10.6 Å². The molecule has 2 aromatic rings. The van der Waals surface area contributed by atoms with Crippen molar-refractivity contribution in [2.24, 2.45) is 5.41 Å². The van der Waals surface area contributed by atoms with E-state index in [9.17, 15) is 14.7 Å². The summed E-state index contributed by atoms with van der Waals surface area (Å²) in [7, 11) is 0. The minimum atomic E-state index is -0.409. The van der Waals surface area contributed by atoms with E-state index in [1.165, 1.54) is 0 Å². The van der Waals surface area contributed by atoms with Gasteiger partial charge < -0.3 is 20.5 Å². The van der Waals surface area contributed by atoms with Crippen LogP contribution in [0.15, 0.2) is 66.0 Å². The molecule has 0 fully saturated rings. The van der Waals surface area contributed by atoms with Crippen LogP contribution in [-0.4, -0.2) is 34.9 Å². The smallest absolute Gasteiger partial charge is 0.238 e. The van der Waals surface area contributed by atoms with Gasteiger partial charge >= 0.3 is 0 Å². The predicted molar refractivity (Wildman–Crippen MR) is 169 cm³/mol. The fourth-order valence-corrected chi connectivity index (χ4v) is 5.47. The van der Waals surface area contributed by atoms with Gasteiger partial charge in [0.1, 0.15) is 17.3 Å². The maximum Gasteiger partial charge on any atom is 0.238 e. The van der Waals surface area contributed by atoms with Crippen LogP contribution < -0.4 is 15.4 Å². The molecule has 0 saturated heterocycles. The Morgan fingerprint density at radius 3 is 2.45 bits per heavy atom. The molecule has 1 heterocycles. The minimum absolute atomic E-state index is 0.118. The fraction of sp³-hybridized carbons (Fsp3) is 0.417. The van der Waals surface area contributed by atoms with Crippen LogP contribution in [0.3, 0.4) is 0 Å². The summed E-state index contributed by atoms with van der Waals surface area (Å²) in [5.74, 6) is 1.64.